The Bertz CT molecular complexity index is 521. The molecule has 1 aromatic rings. The summed E-state index contributed by atoms with van der Waals surface area (Å²) >= 11 is 0. The summed E-state index contributed by atoms with van der Waals surface area (Å²) in [6.07, 6.45) is -0.0837. The van der Waals surface area contributed by atoms with Crippen LogP contribution in [-0.2, 0) is 14.4 Å². The summed E-state index contributed by atoms with van der Waals surface area (Å²) in [6.45, 7) is 1.90. The van der Waals surface area contributed by atoms with Gasteiger partial charge in [0.15, 0.2) is 0 Å². The van der Waals surface area contributed by atoms with Crippen molar-refractivity contribution < 1.29 is 19.5 Å². The number of aryl methyl sites for hydroxylation is 1. The van der Waals surface area contributed by atoms with E-state index in [1.54, 1.807) is 0 Å². The Morgan fingerprint density at radius 1 is 1.32 bits per heavy atom. The van der Waals surface area contributed by atoms with Gasteiger partial charge < -0.3 is 5.11 Å². The van der Waals surface area contributed by atoms with Crippen molar-refractivity contribution in [1.29, 1.82) is 0 Å². The van der Waals surface area contributed by atoms with Crippen molar-refractivity contribution in [3.05, 3.63) is 35.4 Å². The van der Waals surface area contributed by atoms with E-state index in [9.17, 15) is 14.4 Å². The minimum absolute atomic E-state index is 0.0463. The molecule has 2 rings (SSSR count). The van der Waals surface area contributed by atoms with Gasteiger partial charge in [-0.15, -0.1) is 0 Å². The number of hydrogen-bond acceptors (Lipinski definition) is 3. The van der Waals surface area contributed by atoms with Crippen molar-refractivity contribution in [2.24, 2.45) is 0 Å². The first-order valence-electron chi connectivity index (χ1n) is 6.11. The standard InChI is InChI=1S/C14H15NO4/c1-9-2-4-10(5-3-9)11-8-12(16)15(14(11)19)7-6-13(17)18/h2-5,11H,6-8H2,1H3,(H,17,18). The fourth-order valence-corrected chi connectivity index (χ4v) is 2.18. The number of carboxylic acid groups (broad SMARTS) is 1. The first kappa shape index (κ1) is 13.3. The number of likely N-dealkylation sites (tertiary alicyclic amines) is 1. The smallest absolute Gasteiger partial charge is 0.305 e. The Labute approximate surface area is 110 Å². The SMILES string of the molecule is Cc1ccc(C2CC(=O)N(CCC(=O)O)C2=O)cc1. The molecule has 1 aliphatic rings. The molecule has 5 heteroatoms. The van der Waals surface area contributed by atoms with Crippen LogP contribution in [0.5, 0.6) is 0 Å². The zero-order valence-corrected chi connectivity index (χ0v) is 10.6. The summed E-state index contributed by atoms with van der Waals surface area (Å²) in [4.78, 5) is 35.4. The number of amides is 2. The van der Waals surface area contributed by atoms with Gasteiger partial charge in [0.25, 0.3) is 0 Å². The molecule has 2 amide bonds. The van der Waals surface area contributed by atoms with E-state index in [1.807, 2.05) is 31.2 Å². The van der Waals surface area contributed by atoms with E-state index in [0.717, 1.165) is 16.0 Å². The molecule has 0 radical (unpaired) electrons. The molecule has 1 saturated heterocycles. The molecular weight excluding hydrogens is 246 g/mol. The van der Waals surface area contributed by atoms with E-state index in [-0.39, 0.29) is 31.2 Å². The molecular formula is C14H15NO4. The van der Waals surface area contributed by atoms with Gasteiger partial charge in [-0.3, -0.25) is 19.3 Å². The fraction of sp³-hybridized carbons (Fsp3) is 0.357. The molecule has 1 aromatic carbocycles. The largest absolute Gasteiger partial charge is 0.481 e. The van der Waals surface area contributed by atoms with Gasteiger partial charge in [-0.05, 0) is 12.5 Å². The molecule has 0 saturated carbocycles. The van der Waals surface area contributed by atoms with Gasteiger partial charge in [0.1, 0.15) is 0 Å². The van der Waals surface area contributed by atoms with Gasteiger partial charge in [-0.2, -0.15) is 0 Å². The molecule has 1 aliphatic heterocycles. The van der Waals surface area contributed by atoms with Crippen LogP contribution in [0.4, 0.5) is 0 Å². The van der Waals surface area contributed by atoms with Crippen LogP contribution in [0.15, 0.2) is 24.3 Å². The molecule has 1 atom stereocenters. The quantitative estimate of drug-likeness (QED) is 0.829. The van der Waals surface area contributed by atoms with E-state index in [1.165, 1.54) is 0 Å². The Balaban J connectivity index is 2.13. The van der Waals surface area contributed by atoms with Crippen molar-refractivity contribution in [2.75, 3.05) is 6.54 Å². The maximum atomic E-state index is 12.1. The zero-order valence-electron chi connectivity index (χ0n) is 10.6. The van der Waals surface area contributed by atoms with Crippen LogP contribution in [0.3, 0.4) is 0 Å². The number of hydrogen-bond donors (Lipinski definition) is 1. The van der Waals surface area contributed by atoms with E-state index in [0.29, 0.717) is 0 Å². The van der Waals surface area contributed by atoms with Crippen molar-refractivity contribution >= 4 is 17.8 Å². The summed E-state index contributed by atoms with van der Waals surface area (Å²) < 4.78 is 0. The summed E-state index contributed by atoms with van der Waals surface area (Å²) in [7, 11) is 0. The molecule has 0 aromatic heterocycles. The Kier molecular flexibility index (Phi) is 3.64. The Hall–Kier alpha value is -2.17. The van der Waals surface area contributed by atoms with Gasteiger partial charge in [-0.25, -0.2) is 0 Å². The highest BCUT2D eigenvalue weighted by Gasteiger charge is 2.39. The Morgan fingerprint density at radius 2 is 1.95 bits per heavy atom. The highest BCUT2D eigenvalue weighted by Crippen LogP contribution is 2.29. The maximum Gasteiger partial charge on any atom is 0.305 e. The average Bonchev–Trinajstić information content (AvgIpc) is 2.63. The molecule has 0 bridgehead atoms. The summed E-state index contributed by atoms with van der Waals surface area (Å²) in [5.41, 5.74) is 1.89. The molecule has 1 fully saturated rings. The van der Waals surface area contributed by atoms with Crippen LogP contribution in [-0.4, -0.2) is 34.3 Å². The lowest BCUT2D eigenvalue weighted by Gasteiger charge is -2.13. The zero-order chi connectivity index (χ0) is 14.0. The highest BCUT2D eigenvalue weighted by molar-refractivity contribution is 6.06. The second-order valence-corrected chi connectivity index (χ2v) is 4.69. The molecule has 5 nitrogen and oxygen atoms in total. The third kappa shape index (κ3) is 2.81. The monoisotopic (exact) mass is 261 g/mol. The van der Waals surface area contributed by atoms with E-state index < -0.39 is 11.9 Å². The predicted octanol–water partition coefficient (Wildman–Crippen LogP) is 1.31. The average molecular weight is 261 g/mol. The van der Waals surface area contributed by atoms with Crippen LogP contribution in [0.1, 0.15) is 29.9 Å². The van der Waals surface area contributed by atoms with Crippen molar-refractivity contribution in [3.8, 4) is 0 Å². The first-order chi connectivity index (χ1) is 8.99. The van der Waals surface area contributed by atoms with Gasteiger partial charge in [0, 0.05) is 13.0 Å². The topological polar surface area (TPSA) is 74.7 Å². The summed E-state index contributed by atoms with van der Waals surface area (Å²) in [6, 6.07) is 7.47. The van der Waals surface area contributed by atoms with E-state index in [2.05, 4.69) is 0 Å². The van der Waals surface area contributed by atoms with E-state index in [4.69, 9.17) is 5.11 Å². The lowest BCUT2D eigenvalue weighted by atomic mass is 9.97. The highest BCUT2D eigenvalue weighted by atomic mass is 16.4. The number of imide groups is 1. The van der Waals surface area contributed by atoms with Gasteiger partial charge >= 0.3 is 5.97 Å². The number of carboxylic acids is 1. The van der Waals surface area contributed by atoms with E-state index >= 15 is 0 Å². The van der Waals surface area contributed by atoms with Crippen LogP contribution >= 0.6 is 0 Å². The maximum absolute atomic E-state index is 12.1. The lowest BCUT2D eigenvalue weighted by Crippen LogP contribution is -2.32. The number of aliphatic carboxylic acids is 1. The van der Waals surface area contributed by atoms with Crippen LogP contribution in [0.25, 0.3) is 0 Å². The third-order valence-electron chi connectivity index (χ3n) is 3.27. The number of carbonyl (C=O) groups excluding carboxylic acids is 2. The minimum atomic E-state index is -1.01. The summed E-state index contributed by atoms with van der Waals surface area (Å²) in [5, 5.41) is 8.61. The fourth-order valence-electron chi connectivity index (χ4n) is 2.18. The van der Waals surface area contributed by atoms with Crippen molar-refractivity contribution in [3.63, 3.8) is 0 Å². The number of benzene rings is 1. The number of carbonyl (C=O) groups is 3. The van der Waals surface area contributed by atoms with Gasteiger partial charge in [0.2, 0.25) is 11.8 Å². The second-order valence-electron chi connectivity index (χ2n) is 4.69. The predicted molar refractivity (Wildman–Crippen MR) is 67.5 cm³/mol. The molecule has 100 valence electrons. The summed E-state index contributed by atoms with van der Waals surface area (Å²) in [5.74, 6) is -2.08. The molecule has 1 heterocycles. The molecule has 0 aliphatic carbocycles. The van der Waals surface area contributed by atoms with Crippen LogP contribution < -0.4 is 0 Å². The lowest BCUT2D eigenvalue weighted by molar-refractivity contribution is -0.141. The molecule has 19 heavy (non-hydrogen) atoms. The molecule has 1 N–H and O–H groups in total. The Morgan fingerprint density at radius 3 is 2.53 bits per heavy atom. The van der Waals surface area contributed by atoms with Crippen LogP contribution in [0, 0.1) is 6.92 Å². The van der Waals surface area contributed by atoms with Gasteiger partial charge in [-0.1, -0.05) is 29.8 Å². The minimum Gasteiger partial charge on any atom is -0.481 e. The second kappa shape index (κ2) is 5.22. The number of nitrogens with zero attached hydrogens (tertiary/aromatic N) is 1. The molecule has 1 unspecified atom stereocenters. The van der Waals surface area contributed by atoms with Gasteiger partial charge in [0.05, 0.1) is 12.3 Å². The molecule has 0 spiro atoms. The van der Waals surface area contributed by atoms with Crippen molar-refractivity contribution in [1.82, 2.24) is 4.90 Å². The van der Waals surface area contributed by atoms with Crippen LogP contribution in [0.2, 0.25) is 0 Å². The normalized spacial score (nSPS) is 19.0. The number of rotatable bonds is 4. The first-order valence-corrected chi connectivity index (χ1v) is 6.11. The third-order valence-corrected chi connectivity index (χ3v) is 3.27. The van der Waals surface area contributed by atoms with Crippen molar-refractivity contribution in [2.45, 2.75) is 25.7 Å².